The smallest absolute Gasteiger partial charge is 0.131 e. The third-order valence-corrected chi connectivity index (χ3v) is 3.46. The van der Waals surface area contributed by atoms with Crippen LogP contribution in [-0.2, 0) is 0 Å². The number of nitrogens with zero attached hydrogens (tertiary/aromatic N) is 1. The predicted octanol–water partition coefficient (Wildman–Crippen LogP) is 3.73. The zero-order valence-corrected chi connectivity index (χ0v) is 9.85. The molecule has 1 saturated carbocycles. The summed E-state index contributed by atoms with van der Waals surface area (Å²) in [7, 11) is 0. The summed E-state index contributed by atoms with van der Waals surface area (Å²) in [4.78, 5) is 3.96. The van der Waals surface area contributed by atoms with Crippen molar-refractivity contribution in [3.05, 3.63) is 23.5 Å². The fourth-order valence-corrected chi connectivity index (χ4v) is 2.41. The molecule has 0 bridgehead atoms. The van der Waals surface area contributed by atoms with Crippen LogP contribution in [0, 0.1) is 5.41 Å². The molecule has 1 fully saturated rings. The standard InChI is InChI=1S/C12H17ClN2/c1-12(5-2-3-6-12)9-15-10-4-7-14-11(13)8-10/h4,7-8H,2-3,5-6,9H2,1H3,(H,14,15). The van der Waals surface area contributed by atoms with E-state index in [9.17, 15) is 0 Å². The van der Waals surface area contributed by atoms with E-state index >= 15 is 0 Å². The SMILES string of the molecule is CC1(CNc2ccnc(Cl)c2)CCCC1. The first kappa shape index (κ1) is 10.7. The minimum Gasteiger partial charge on any atom is -0.384 e. The highest BCUT2D eigenvalue weighted by Gasteiger charge is 2.28. The van der Waals surface area contributed by atoms with E-state index in [0.29, 0.717) is 10.6 Å². The molecule has 2 nitrogen and oxygen atoms in total. The molecule has 0 unspecified atom stereocenters. The van der Waals surface area contributed by atoms with E-state index in [1.165, 1.54) is 25.7 Å². The zero-order chi connectivity index (χ0) is 10.7. The van der Waals surface area contributed by atoms with E-state index in [4.69, 9.17) is 11.6 Å². The second kappa shape index (κ2) is 4.40. The molecule has 3 heteroatoms. The molecule has 0 spiro atoms. The molecule has 0 aliphatic heterocycles. The molecule has 0 radical (unpaired) electrons. The van der Waals surface area contributed by atoms with Crippen molar-refractivity contribution >= 4 is 17.3 Å². The van der Waals surface area contributed by atoms with Crippen molar-refractivity contribution in [3.63, 3.8) is 0 Å². The fourth-order valence-electron chi connectivity index (χ4n) is 2.23. The predicted molar refractivity (Wildman–Crippen MR) is 64.3 cm³/mol. The first-order chi connectivity index (χ1) is 7.18. The van der Waals surface area contributed by atoms with Gasteiger partial charge in [0.2, 0.25) is 0 Å². The number of aromatic nitrogens is 1. The molecule has 1 aromatic heterocycles. The molecular formula is C12H17ClN2. The average molecular weight is 225 g/mol. The molecule has 0 amide bonds. The number of rotatable bonds is 3. The van der Waals surface area contributed by atoms with Gasteiger partial charge in [-0.15, -0.1) is 0 Å². The third-order valence-electron chi connectivity index (χ3n) is 3.26. The van der Waals surface area contributed by atoms with Crippen LogP contribution in [0.25, 0.3) is 0 Å². The number of anilines is 1. The summed E-state index contributed by atoms with van der Waals surface area (Å²) in [6.45, 7) is 3.39. The van der Waals surface area contributed by atoms with Crippen molar-refractivity contribution in [2.45, 2.75) is 32.6 Å². The lowest BCUT2D eigenvalue weighted by Crippen LogP contribution is -2.22. The van der Waals surface area contributed by atoms with Gasteiger partial charge in [0.05, 0.1) is 0 Å². The largest absolute Gasteiger partial charge is 0.384 e. The topological polar surface area (TPSA) is 24.9 Å². The molecule has 1 heterocycles. The van der Waals surface area contributed by atoms with Gasteiger partial charge in [-0.3, -0.25) is 0 Å². The van der Waals surface area contributed by atoms with Crippen LogP contribution < -0.4 is 5.32 Å². The van der Waals surface area contributed by atoms with Gasteiger partial charge < -0.3 is 5.32 Å². The number of pyridine rings is 1. The van der Waals surface area contributed by atoms with Crippen LogP contribution in [0.15, 0.2) is 18.3 Å². The van der Waals surface area contributed by atoms with Gasteiger partial charge in [-0.2, -0.15) is 0 Å². The van der Waals surface area contributed by atoms with E-state index in [0.717, 1.165) is 12.2 Å². The van der Waals surface area contributed by atoms with Crippen molar-refractivity contribution in [3.8, 4) is 0 Å². The third kappa shape index (κ3) is 2.85. The first-order valence-electron chi connectivity index (χ1n) is 5.53. The molecule has 0 saturated heterocycles. The fraction of sp³-hybridized carbons (Fsp3) is 0.583. The molecule has 1 aromatic rings. The number of halogens is 1. The summed E-state index contributed by atoms with van der Waals surface area (Å²) < 4.78 is 0. The van der Waals surface area contributed by atoms with Gasteiger partial charge in [0.25, 0.3) is 0 Å². The molecule has 82 valence electrons. The van der Waals surface area contributed by atoms with Crippen LogP contribution in [0.3, 0.4) is 0 Å². The van der Waals surface area contributed by atoms with Crippen LogP contribution in [0.1, 0.15) is 32.6 Å². The molecule has 1 aliphatic carbocycles. The van der Waals surface area contributed by atoms with Crippen molar-refractivity contribution in [2.24, 2.45) is 5.41 Å². The normalized spacial score (nSPS) is 19.1. The quantitative estimate of drug-likeness (QED) is 0.792. The maximum Gasteiger partial charge on any atom is 0.131 e. The summed E-state index contributed by atoms with van der Waals surface area (Å²) in [6.07, 6.45) is 7.14. The Morgan fingerprint density at radius 3 is 2.87 bits per heavy atom. The van der Waals surface area contributed by atoms with Crippen LogP contribution in [-0.4, -0.2) is 11.5 Å². The monoisotopic (exact) mass is 224 g/mol. The van der Waals surface area contributed by atoms with Crippen molar-refractivity contribution in [1.82, 2.24) is 4.98 Å². The van der Waals surface area contributed by atoms with Crippen molar-refractivity contribution in [1.29, 1.82) is 0 Å². The highest BCUT2D eigenvalue weighted by Crippen LogP contribution is 2.37. The van der Waals surface area contributed by atoms with Gasteiger partial charge in [0.1, 0.15) is 5.15 Å². The minimum atomic E-state index is 0.468. The molecule has 1 aliphatic rings. The van der Waals surface area contributed by atoms with E-state index in [1.807, 2.05) is 12.1 Å². The molecule has 0 atom stereocenters. The Morgan fingerprint density at radius 1 is 1.47 bits per heavy atom. The Labute approximate surface area is 96.1 Å². The van der Waals surface area contributed by atoms with Gasteiger partial charge >= 0.3 is 0 Å². The summed E-state index contributed by atoms with van der Waals surface area (Å²) in [5.74, 6) is 0. The molecule has 1 N–H and O–H groups in total. The summed E-state index contributed by atoms with van der Waals surface area (Å²) in [6, 6.07) is 3.84. The Kier molecular flexibility index (Phi) is 3.15. The number of hydrogen-bond acceptors (Lipinski definition) is 2. The molecule has 2 rings (SSSR count). The van der Waals surface area contributed by atoms with E-state index in [-0.39, 0.29) is 0 Å². The summed E-state index contributed by atoms with van der Waals surface area (Å²) >= 11 is 5.82. The highest BCUT2D eigenvalue weighted by atomic mass is 35.5. The molecule has 0 aromatic carbocycles. The van der Waals surface area contributed by atoms with Gasteiger partial charge in [-0.25, -0.2) is 4.98 Å². The van der Waals surface area contributed by atoms with Gasteiger partial charge in [0, 0.05) is 18.4 Å². The van der Waals surface area contributed by atoms with Crippen LogP contribution in [0.2, 0.25) is 5.15 Å². The Hall–Kier alpha value is -0.760. The average Bonchev–Trinajstić information content (AvgIpc) is 2.63. The Morgan fingerprint density at radius 2 is 2.20 bits per heavy atom. The second-order valence-electron chi connectivity index (χ2n) is 4.74. The number of nitrogens with one attached hydrogen (secondary N) is 1. The van der Waals surface area contributed by atoms with E-state index in [1.54, 1.807) is 6.20 Å². The lowest BCUT2D eigenvalue weighted by atomic mass is 9.89. The van der Waals surface area contributed by atoms with Crippen LogP contribution in [0.5, 0.6) is 0 Å². The maximum atomic E-state index is 5.82. The summed E-state index contributed by atoms with van der Waals surface area (Å²) in [5, 5.41) is 4.00. The number of hydrogen-bond donors (Lipinski definition) is 1. The van der Waals surface area contributed by atoms with Crippen molar-refractivity contribution in [2.75, 3.05) is 11.9 Å². The molecular weight excluding hydrogens is 208 g/mol. The first-order valence-corrected chi connectivity index (χ1v) is 5.91. The molecule has 15 heavy (non-hydrogen) atoms. The Balaban J connectivity index is 1.92. The maximum absolute atomic E-state index is 5.82. The lowest BCUT2D eigenvalue weighted by molar-refractivity contribution is 0.362. The van der Waals surface area contributed by atoms with Gasteiger partial charge in [-0.1, -0.05) is 31.4 Å². The van der Waals surface area contributed by atoms with E-state index in [2.05, 4.69) is 17.2 Å². The minimum absolute atomic E-state index is 0.468. The van der Waals surface area contributed by atoms with Gasteiger partial charge in [-0.05, 0) is 30.4 Å². The van der Waals surface area contributed by atoms with Crippen molar-refractivity contribution < 1.29 is 0 Å². The Bertz CT molecular complexity index is 332. The summed E-state index contributed by atoms with van der Waals surface area (Å²) in [5.41, 5.74) is 1.54. The van der Waals surface area contributed by atoms with E-state index < -0.39 is 0 Å². The second-order valence-corrected chi connectivity index (χ2v) is 5.13. The van der Waals surface area contributed by atoms with Crippen LogP contribution in [0.4, 0.5) is 5.69 Å². The van der Waals surface area contributed by atoms with Crippen LogP contribution >= 0.6 is 11.6 Å². The lowest BCUT2D eigenvalue weighted by Gasteiger charge is -2.24. The highest BCUT2D eigenvalue weighted by molar-refractivity contribution is 6.29. The zero-order valence-electron chi connectivity index (χ0n) is 9.09. The van der Waals surface area contributed by atoms with Gasteiger partial charge in [0.15, 0.2) is 0 Å².